The minimum Gasteiger partial charge on any atom is -0.462 e. The molecule has 6 nitrogen and oxygen atoms in total. The lowest BCUT2D eigenvalue weighted by Crippen LogP contribution is -2.46. The maximum absolute atomic E-state index is 13.2. The largest absolute Gasteiger partial charge is 0.462 e. The van der Waals surface area contributed by atoms with Crippen LogP contribution in [0.3, 0.4) is 0 Å². The SMILES string of the molecule is CCCCC/C=C\C/C=C\C/C=C\CCCCCCC(CC(=O)NC(CO)C(O)CCCCCCCCCCCCCCCC)OC(=O)CCCCCCCCCCCCCCCC. The van der Waals surface area contributed by atoms with Crippen LogP contribution in [-0.4, -0.2) is 46.9 Å². The molecule has 3 unspecified atom stereocenters. The molecule has 6 heteroatoms. The summed E-state index contributed by atoms with van der Waals surface area (Å²) in [5, 5.41) is 23.9. The normalized spacial score (nSPS) is 13.4. The summed E-state index contributed by atoms with van der Waals surface area (Å²) < 4.78 is 5.95. The number of rotatable bonds is 51. The molecule has 0 saturated carbocycles. The van der Waals surface area contributed by atoms with E-state index in [0.717, 1.165) is 83.5 Å². The van der Waals surface area contributed by atoms with E-state index in [1.54, 1.807) is 0 Å². The zero-order chi connectivity index (χ0) is 46.7. The second-order valence-electron chi connectivity index (χ2n) is 19.3. The van der Waals surface area contributed by atoms with Crippen LogP contribution in [0.25, 0.3) is 0 Å². The Morgan fingerprint density at radius 1 is 0.453 bits per heavy atom. The highest BCUT2D eigenvalue weighted by atomic mass is 16.5. The molecule has 1 amide bonds. The lowest BCUT2D eigenvalue weighted by atomic mass is 10.0. The number of carbonyl (C=O) groups is 2. The maximum atomic E-state index is 13.2. The highest BCUT2D eigenvalue weighted by Gasteiger charge is 2.24. The van der Waals surface area contributed by atoms with Crippen molar-refractivity contribution in [2.45, 2.75) is 315 Å². The number of hydrogen-bond acceptors (Lipinski definition) is 5. The average Bonchev–Trinajstić information content (AvgIpc) is 3.29. The van der Waals surface area contributed by atoms with Crippen LogP contribution in [-0.2, 0) is 14.3 Å². The van der Waals surface area contributed by atoms with Gasteiger partial charge >= 0.3 is 5.97 Å². The number of aliphatic hydroxyl groups excluding tert-OH is 2. The quantitative estimate of drug-likeness (QED) is 0.0321. The fourth-order valence-electron chi connectivity index (χ4n) is 8.67. The van der Waals surface area contributed by atoms with Gasteiger partial charge in [0, 0.05) is 6.42 Å². The van der Waals surface area contributed by atoms with Crippen LogP contribution in [0.2, 0.25) is 0 Å². The molecule has 0 rings (SSSR count). The third-order valence-electron chi connectivity index (χ3n) is 13.0. The van der Waals surface area contributed by atoms with Gasteiger partial charge in [-0.3, -0.25) is 9.59 Å². The number of ether oxygens (including phenoxy) is 1. The Labute approximate surface area is 398 Å². The van der Waals surface area contributed by atoms with Gasteiger partial charge in [0.05, 0.1) is 25.2 Å². The van der Waals surface area contributed by atoms with Gasteiger partial charge in [0.15, 0.2) is 0 Å². The van der Waals surface area contributed by atoms with E-state index in [4.69, 9.17) is 4.74 Å². The number of carbonyl (C=O) groups excluding carboxylic acids is 2. The highest BCUT2D eigenvalue weighted by molar-refractivity contribution is 5.77. The molecular formula is C58H109NO5. The summed E-state index contributed by atoms with van der Waals surface area (Å²) in [6, 6.07) is -0.706. The zero-order valence-electron chi connectivity index (χ0n) is 42.9. The summed E-state index contributed by atoms with van der Waals surface area (Å²) in [7, 11) is 0. The second-order valence-corrected chi connectivity index (χ2v) is 19.3. The van der Waals surface area contributed by atoms with E-state index < -0.39 is 18.2 Å². The van der Waals surface area contributed by atoms with Crippen LogP contribution >= 0.6 is 0 Å². The molecule has 0 aliphatic carbocycles. The number of allylic oxidation sites excluding steroid dienone is 6. The molecule has 3 N–H and O–H groups in total. The lowest BCUT2D eigenvalue weighted by Gasteiger charge is -2.24. The fraction of sp³-hybridized carbons (Fsp3) is 0.862. The van der Waals surface area contributed by atoms with Crippen molar-refractivity contribution in [3.8, 4) is 0 Å². The van der Waals surface area contributed by atoms with Crippen LogP contribution in [0, 0.1) is 0 Å². The van der Waals surface area contributed by atoms with E-state index >= 15 is 0 Å². The van der Waals surface area contributed by atoms with Crippen molar-refractivity contribution in [3.05, 3.63) is 36.5 Å². The predicted molar refractivity (Wildman–Crippen MR) is 278 cm³/mol. The van der Waals surface area contributed by atoms with Crippen molar-refractivity contribution < 1.29 is 24.5 Å². The Bertz CT molecular complexity index is 1060. The smallest absolute Gasteiger partial charge is 0.306 e. The van der Waals surface area contributed by atoms with Gasteiger partial charge in [-0.25, -0.2) is 0 Å². The van der Waals surface area contributed by atoms with Crippen LogP contribution in [0.5, 0.6) is 0 Å². The molecule has 0 heterocycles. The Kier molecular flexibility index (Phi) is 50.5. The van der Waals surface area contributed by atoms with Crippen molar-refractivity contribution in [1.82, 2.24) is 5.32 Å². The van der Waals surface area contributed by atoms with Gasteiger partial charge in [0.25, 0.3) is 0 Å². The van der Waals surface area contributed by atoms with Crippen molar-refractivity contribution in [3.63, 3.8) is 0 Å². The fourth-order valence-corrected chi connectivity index (χ4v) is 8.67. The number of nitrogens with one attached hydrogen (secondary N) is 1. The van der Waals surface area contributed by atoms with Gasteiger partial charge < -0.3 is 20.3 Å². The minimum atomic E-state index is -0.792. The zero-order valence-corrected chi connectivity index (χ0v) is 42.9. The monoisotopic (exact) mass is 900 g/mol. The van der Waals surface area contributed by atoms with Crippen LogP contribution in [0.1, 0.15) is 297 Å². The first-order valence-corrected chi connectivity index (χ1v) is 28.2. The topological polar surface area (TPSA) is 95.9 Å². The van der Waals surface area contributed by atoms with Crippen molar-refractivity contribution in [2.24, 2.45) is 0 Å². The molecule has 64 heavy (non-hydrogen) atoms. The molecule has 0 aromatic heterocycles. The Balaban J connectivity index is 4.59. The van der Waals surface area contributed by atoms with E-state index in [1.165, 1.54) is 167 Å². The highest BCUT2D eigenvalue weighted by Crippen LogP contribution is 2.18. The van der Waals surface area contributed by atoms with Gasteiger partial charge in [-0.2, -0.15) is 0 Å². The first-order chi connectivity index (χ1) is 31.5. The molecule has 0 radical (unpaired) electrons. The third-order valence-corrected chi connectivity index (χ3v) is 13.0. The van der Waals surface area contributed by atoms with Gasteiger partial charge in [0.2, 0.25) is 5.91 Å². The van der Waals surface area contributed by atoms with Gasteiger partial charge in [-0.15, -0.1) is 0 Å². The number of hydrogen-bond donors (Lipinski definition) is 3. The van der Waals surface area contributed by atoms with Crippen molar-refractivity contribution >= 4 is 11.9 Å². The predicted octanol–water partition coefficient (Wildman–Crippen LogP) is 17.2. The number of unbranched alkanes of at least 4 members (excludes halogenated alkanes) is 33. The Morgan fingerprint density at radius 2 is 0.797 bits per heavy atom. The molecule has 0 fully saturated rings. The molecule has 0 spiro atoms. The van der Waals surface area contributed by atoms with E-state index in [-0.39, 0.29) is 24.9 Å². The maximum Gasteiger partial charge on any atom is 0.306 e. The standard InChI is InChI=1S/C58H109NO5/c1-4-7-10-13-16-19-22-25-28-29-30-31-34-37-40-43-46-49-54(64-58(63)51-48-45-42-39-36-33-27-24-21-18-15-12-9-6-3)52-57(62)59-55(53-60)56(61)50-47-44-41-38-35-32-26-23-20-17-14-11-8-5-2/h16,19,25,28,30-31,54-56,60-61H,4-15,17-18,20-24,26-27,29,32-53H2,1-3H3,(H,59,62)/b19-16-,28-25-,31-30-. The average molecular weight is 901 g/mol. The summed E-state index contributed by atoms with van der Waals surface area (Å²) in [6.45, 7) is 6.48. The molecule has 0 aliphatic rings. The lowest BCUT2D eigenvalue weighted by molar-refractivity contribution is -0.151. The Morgan fingerprint density at radius 3 is 1.23 bits per heavy atom. The summed E-state index contributed by atoms with van der Waals surface area (Å²) in [5.41, 5.74) is 0. The Hall–Kier alpha value is -1.92. The molecule has 0 saturated heterocycles. The number of esters is 1. The third kappa shape index (κ3) is 46.6. The second kappa shape index (κ2) is 52.1. The molecule has 3 atom stereocenters. The van der Waals surface area contributed by atoms with Crippen LogP contribution in [0.4, 0.5) is 0 Å². The van der Waals surface area contributed by atoms with Crippen LogP contribution < -0.4 is 5.32 Å². The van der Waals surface area contributed by atoms with E-state index in [1.807, 2.05) is 0 Å². The molecular weight excluding hydrogens is 791 g/mol. The molecule has 0 aliphatic heterocycles. The number of amides is 1. The van der Waals surface area contributed by atoms with Crippen LogP contribution in [0.15, 0.2) is 36.5 Å². The van der Waals surface area contributed by atoms with E-state index in [9.17, 15) is 19.8 Å². The summed E-state index contributed by atoms with van der Waals surface area (Å²) >= 11 is 0. The first kappa shape index (κ1) is 62.1. The molecule has 0 bridgehead atoms. The molecule has 0 aromatic carbocycles. The van der Waals surface area contributed by atoms with Gasteiger partial charge in [-0.05, 0) is 64.2 Å². The van der Waals surface area contributed by atoms with E-state index in [0.29, 0.717) is 19.3 Å². The van der Waals surface area contributed by atoms with E-state index in [2.05, 4.69) is 62.5 Å². The summed E-state index contributed by atoms with van der Waals surface area (Å²) in [4.78, 5) is 26.2. The van der Waals surface area contributed by atoms with Gasteiger partial charge in [0.1, 0.15) is 6.10 Å². The summed E-state index contributed by atoms with van der Waals surface area (Å²) in [5.74, 6) is -0.481. The first-order valence-electron chi connectivity index (χ1n) is 28.2. The minimum absolute atomic E-state index is 0.0669. The number of aliphatic hydroxyl groups is 2. The molecule has 376 valence electrons. The van der Waals surface area contributed by atoms with Crippen molar-refractivity contribution in [1.29, 1.82) is 0 Å². The van der Waals surface area contributed by atoms with Crippen molar-refractivity contribution in [2.75, 3.05) is 6.61 Å². The summed E-state index contributed by atoms with van der Waals surface area (Å²) in [6.07, 6.45) is 62.0. The van der Waals surface area contributed by atoms with Gasteiger partial charge in [-0.1, -0.05) is 256 Å². The molecule has 0 aromatic rings.